The van der Waals surface area contributed by atoms with Crippen LogP contribution in [0.15, 0.2) is 133 Å². The summed E-state index contributed by atoms with van der Waals surface area (Å²) in [5.74, 6) is 0.0253. The quantitative estimate of drug-likeness (QED) is 0.157. The third-order valence-electron chi connectivity index (χ3n) is 10.0. The van der Waals surface area contributed by atoms with Crippen LogP contribution in [-0.4, -0.2) is 28.0 Å². The van der Waals surface area contributed by atoms with E-state index in [1.165, 1.54) is 11.1 Å². The molecule has 6 nitrogen and oxygen atoms in total. The highest BCUT2D eigenvalue weighted by Crippen LogP contribution is 2.47. The smallest absolute Gasteiger partial charge is 0.346 e. The fourth-order valence-electron chi connectivity index (χ4n) is 7.44. The van der Waals surface area contributed by atoms with Crippen LogP contribution in [-0.2, 0) is 0 Å². The van der Waals surface area contributed by atoms with Gasteiger partial charge in [-0.1, -0.05) is 120 Å². The number of anilines is 1. The van der Waals surface area contributed by atoms with E-state index in [4.69, 9.17) is 9.72 Å². The van der Waals surface area contributed by atoms with Gasteiger partial charge < -0.3 is 20.0 Å². The summed E-state index contributed by atoms with van der Waals surface area (Å²) >= 11 is 0. The Balaban J connectivity index is 1.52. The first kappa shape index (κ1) is 32.0. The maximum Gasteiger partial charge on any atom is 0.346 e. The summed E-state index contributed by atoms with van der Waals surface area (Å²) in [4.78, 5) is 27.2. The number of hydrogen-bond acceptors (Lipinski definition) is 4. The Hall–Kier alpha value is -6.92. The predicted octanol–water partition coefficient (Wildman–Crippen LogP) is 11.6. The molecule has 0 saturated carbocycles. The lowest BCUT2D eigenvalue weighted by Crippen LogP contribution is -2.04. The van der Waals surface area contributed by atoms with Crippen LogP contribution in [0, 0.1) is 13.8 Å². The molecule has 0 aliphatic carbocycles. The van der Waals surface area contributed by atoms with Gasteiger partial charge in [-0.2, -0.15) is 0 Å². The first-order valence-electron chi connectivity index (χ1n) is 17.8. The van der Waals surface area contributed by atoms with Gasteiger partial charge in [-0.05, 0) is 72.5 Å². The van der Waals surface area contributed by atoms with Crippen LogP contribution in [0.1, 0.15) is 32.9 Å². The lowest BCUT2D eigenvalue weighted by Gasteiger charge is -2.09. The second-order valence-corrected chi connectivity index (χ2v) is 13.5. The SMILES string of the molecule is CNc1c2c(-c3ccccc3)c3ccc([nH]3)c(-c3ccc(C)cc3)c3nc(c(-c4ccc(C)cc4)c4ccc([nH]4)c(-c4ccccc4)c1C(=O)O2)C=C3. The van der Waals surface area contributed by atoms with Crippen LogP contribution >= 0.6 is 0 Å². The van der Waals surface area contributed by atoms with E-state index < -0.39 is 5.97 Å². The Kier molecular flexibility index (Phi) is 7.85. The molecule has 5 heterocycles. The summed E-state index contributed by atoms with van der Waals surface area (Å²) in [6, 6.07) is 45.4. The fourth-order valence-corrected chi connectivity index (χ4v) is 7.44. The number of H-pyrrole nitrogens is 2. The number of nitrogens with one attached hydrogen (secondary N) is 3. The van der Waals surface area contributed by atoms with Gasteiger partial charge in [0, 0.05) is 40.3 Å². The molecule has 3 aromatic heterocycles. The molecule has 4 aromatic carbocycles. The van der Waals surface area contributed by atoms with Crippen LogP contribution in [0.25, 0.3) is 78.7 Å². The topological polar surface area (TPSA) is 82.8 Å². The molecule has 7 aromatic rings. The van der Waals surface area contributed by atoms with Crippen molar-refractivity contribution in [1.29, 1.82) is 0 Å². The lowest BCUT2D eigenvalue weighted by atomic mass is 9.98. The summed E-state index contributed by atoms with van der Waals surface area (Å²) < 4.78 is 6.36. The monoisotopic (exact) mass is 688 g/mol. The summed E-state index contributed by atoms with van der Waals surface area (Å²) in [5.41, 5.74) is 15.8. The Morgan fingerprint density at radius 3 is 1.38 bits per heavy atom. The number of aryl methyl sites for hydroxylation is 2. The molecule has 2 aliphatic heterocycles. The molecule has 2 aliphatic rings. The average molecular weight is 689 g/mol. The van der Waals surface area contributed by atoms with Crippen molar-refractivity contribution >= 4 is 45.9 Å². The number of carbonyl (C=O) groups is 1. The summed E-state index contributed by atoms with van der Waals surface area (Å²) in [6.45, 7) is 4.18. The van der Waals surface area contributed by atoms with Crippen LogP contribution in [0.3, 0.4) is 0 Å². The number of esters is 1. The van der Waals surface area contributed by atoms with Crippen molar-refractivity contribution in [2.45, 2.75) is 13.8 Å². The first-order valence-corrected chi connectivity index (χ1v) is 17.8. The molecule has 9 rings (SSSR count). The van der Waals surface area contributed by atoms with Crippen molar-refractivity contribution in [3.05, 3.63) is 162 Å². The van der Waals surface area contributed by atoms with Gasteiger partial charge >= 0.3 is 5.97 Å². The zero-order chi connectivity index (χ0) is 36.1. The average Bonchev–Trinajstić information content (AvgIpc) is 4.01. The van der Waals surface area contributed by atoms with Crippen LogP contribution in [0.2, 0.25) is 0 Å². The Morgan fingerprint density at radius 1 is 0.491 bits per heavy atom. The second-order valence-electron chi connectivity index (χ2n) is 13.5. The van der Waals surface area contributed by atoms with Gasteiger partial charge in [0.25, 0.3) is 0 Å². The predicted molar refractivity (Wildman–Crippen MR) is 218 cm³/mol. The Labute approximate surface area is 307 Å². The molecule has 0 atom stereocenters. The van der Waals surface area contributed by atoms with E-state index in [1.807, 2.05) is 73.8 Å². The normalized spacial score (nSPS) is 12.2. The highest BCUT2D eigenvalue weighted by atomic mass is 16.5. The molecule has 0 amide bonds. The summed E-state index contributed by atoms with van der Waals surface area (Å²) in [7, 11) is 1.84. The number of aromatic amines is 2. The van der Waals surface area contributed by atoms with Gasteiger partial charge in [-0.25, -0.2) is 9.78 Å². The van der Waals surface area contributed by atoms with Gasteiger partial charge in [-0.15, -0.1) is 0 Å². The fraction of sp³-hybridized carbons (Fsp3) is 0.0638. The number of nitrogens with zero attached hydrogens (tertiary/aromatic N) is 1. The van der Waals surface area contributed by atoms with Gasteiger partial charge in [0.15, 0.2) is 5.75 Å². The maximum absolute atomic E-state index is 14.4. The van der Waals surface area contributed by atoms with E-state index in [-0.39, 0.29) is 0 Å². The molecule has 53 heavy (non-hydrogen) atoms. The van der Waals surface area contributed by atoms with E-state index in [0.29, 0.717) is 17.0 Å². The number of ether oxygens (including phenoxy) is 1. The molecule has 3 N–H and O–H groups in total. The van der Waals surface area contributed by atoms with Crippen molar-refractivity contribution in [3.8, 4) is 50.3 Å². The molecule has 0 fully saturated rings. The van der Waals surface area contributed by atoms with E-state index >= 15 is 0 Å². The minimum Gasteiger partial charge on any atom is -0.420 e. The van der Waals surface area contributed by atoms with Crippen molar-refractivity contribution < 1.29 is 9.53 Å². The molecule has 8 bridgehead atoms. The number of hydrogen-bond donors (Lipinski definition) is 3. The van der Waals surface area contributed by atoms with Gasteiger partial charge in [0.05, 0.1) is 33.7 Å². The molecule has 0 radical (unpaired) electrons. The number of carbonyl (C=O) groups excluding carboxylic acids is 1. The number of rotatable bonds is 5. The van der Waals surface area contributed by atoms with Crippen molar-refractivity contribution in [2.75, 3.05) is 12.4 Å². The number of fused-ring (bicyclic) bond motifs is 8. The van der Waals surface area contributed by atoms with Gasteiger partial charge in [-0.3, -0.25) is 0 Å². The maximum atomic E-state index is 14.4. The van der Waals surface area contributed by atoms with Crippen LogP contribution in [0.5, 0.6) is 5.75 Å². The highest BCUT2D eigenvalue weighted by molar-refractivity contribution is 6.14. The molecule has 0 saturated heterocycles. The molecular formula is C47H36N4O2. The standard InChI is InChI=1S/C47H36N4O2/c1-28-14-18-32(19-15-28)40-34-22-23-35(49-34)41(33-20-16-29(2)17-21-33)37-25-27-39(51-37)43(31-12-8-5-9-13-31)46-45(48-3)44(47(52)53-46)42(30-10-6-4-7-11-30)38-26-24-36(40)50-38/h4-27,48,50-51H,1-3H3. The zero-order valence-corrected chi connectivity index (χ0v) is 29.6. The van der Waals surface area contributed by atoms with Crippen molar-refractivity contribution in [2.24, 2.45) is 0 Å². The molecule has 0 spiro atoms. The van der Waals surface area contributed by atoms with E-state index in [0.717, 1.165) is 78.0 Å². The second kappa shape index (κ2) is 13.0. The first-order chi connectivity index (χ1) is 26.0. The van der Waals surface area contributed by atoms with E-state index in [9.17, 15) is 4.79 Å². The summed E-state index contributed by atoms with van der Waals surface area (Å²) in [6.07, 6.45) is 4.20. The minimum absolute atomic E-state index is 0.430. The number of benzene rings is 4. The van der Waals surface area contributed by atoms with Crippen molar-refractivity contribution in [1.82, 2.24) is 15.0 Å². The number of aromatic nitrogens is 3. The van der Waals surface area contributed by atoms with Crippen molar-refractivity contribution in [3.63, 3.8) is 0 Å². The molecule has 0 unspecified atom stereocenters. The highest BCUT2D eigenvalue weighted by Gasteiger charge is 2.32. The van der Waals surface area contributed by atoms with Crippen LogP contribution < -0.4 is 10.1 Å². The Bertz CT molecular complexity index is 2740. The zero-order valence-electron chi connectivity index (χ0n) is 29.6. The molecule has 256 valence electrons. The van der Waals surface area contributed by atoms with Gasteiger partial charge in [0.1, 0.15) is 0 Å². The van der Waals surface area contributed by atoms with Crippen LogP contribution in [0.4, 0.5) is 5.69 Å². The summed E-state index contributed by atoms with van der Waals surface area (Å²) in [5, 5.41) is 3.39. The third-order valence-corrected chi connectivity index (χ3v) is 10.0. The van der Waals surface area contributed by atoms with E-state index in [2.05, 4.69) is 108 Å². The van der Waals surface area contributed by atoms with Gasteiger partial charge in [0.2, 0.25) is 0 Å². The molecule has 6 heteroatoms. The van der Waals surface area contributed by atoms with E-state index in [1.54, 1.807) is 0 Å². The third kappa shape index (κ3) is 5.61. The lowest BCUT2D eigenvalue weighted by molar-refractivity contribution is 0.0755. The largest absolute Gasteiger partial charge is 0.420 e. The Morgan fingerprint density at radius 2 is 0.906 bits per heavy atom. The molecular weight excluding hydrogens is 653 g/mol. The minimum atomic E-state index is -0.430.